The monoisotopic (exact) mass is 458 g/mol. The Morgan fingerprint density at radius 1 is 1.07 bits per heavy atom. The van der Waals surface area contributed by atoms with Crippen LogP contribution in [0.1, 0.15) is 34.3 Å². The highest BCUT2D eigenvalue weighted by Crippen LogP contribution is 2.34. The Kier molecular flexibility index (Phi) is 6.11. The molecule has 5 nitrogen and oxygen atoms in total. The molecule has 2 heterocycles. The fourth-order valence-corrected chi connectivity index (χ4v) is 4.86. The van der Waals surface area contributed by atoms with Crippen molar-refractivity contribution in [3.8, 4) is 11.5 Å². The van der Waals surface area contributed by atoms with Gasteiger partial charge in [-0.3, -0.25) is 9.69 Å². The summed E-state index contributed by atoms with van der Waals surface area (Å²) in [6.07, 6.45) is 3.16. The molecular formula is C23H27BrN2O3. The second-order valence-corrected chi connectivity index (χ2v) is 8.67. The highest BCUT2D eigenvalue weighted by Gasteiger charge is 2.31. The largest absolute Gasteiger partial charge is 0.493 e. The minimum atomic E-state index is 0.125. The molecule has 6 heteroatoms. The van der Waals surface area contributed by atoms with Crippen molar-refractivity contribution in [2.45, 2.75) is 31.8 Å². The zero-order valence-electron chi connectivity index (χ0n) is 17.0. The van der Waals surface area contributed by atoms with Crippen molar-refractivity contribution in [2.24, 2.45) is 0 Å². The van der Waals surface area contributed by atoms with Gasteiger partial charge in [0.2, 0.25) is 0 Å². The van der Waals surface area contributed by atoms with Crippen LogP contribution in [0.15, 0.2) is 40.9 Å². The Labute approximate surface area is 180 Å². The van der Waals surface area contributed by atoms with Crippen molar-refractivity contribution < 1.29 is 14.3 Å². The lowest BCUT2D eigenvalue weighted by molar-refractivity contribution is 0.0548. The molecule has 29 heavy (non-hydrogen) atoms. The Balaban J connectivity index is 1.47. The molecule has 1 saturated heterocycles. The van der Waals surface area contributed by atoms with Crippen LogP contribution in [0.3, 0.4) is 0 Å². The summed E-state index contributed by atoms with van der Waals surface area (Å²) < 4.78 is 11.9. The average molecular weight is 459 g/mol. The molecule has 2 aromatic carbocycles. The molecule has 0 saturated carbocycles. The predicted octanol–water partition coefficient (Wildman–Crippen LogP) is 4.13. The van der Waals surface area contributed by atoms with Crippen LogP contribution < -0.4 is 9.47 Å². The van der Waals surface area contributed by atoms with Gasteiger partial charge in [0.15, 0.2) is 11.5 Å². The molecule has 1 unspecified atom stereocenters. The first-order chi connectivity index (χ1) is 14.1. The minimum Gasteiger partial charge on any atom is -0.493 e. The lowest BCUT2D eigenvalue weighted by Crippen LogP contribution is -2.51. The molecule has 1 fully saturated rings. The summed E-state index contributed by atoms with van der Waals surface area (Å²) in [6.45, 7) is 3.51. The predicted molar refractivity (Wildman–Crippen MR) is 117 cm³/mol. The molecule has 2 aliphatic rings. The van der Waals surface area contributed by atoms with Gasteiger partial charge in [-0.15, -0.1) is 0 Å². The van der Waals surface area contributed by atoms with Gasteiger partial charge in [0, 0.05) is 42.3 Å². The number of fused-ring (bicyclic) bond motifs is 1. The molecule has 0 aromatic heterocycles. The topological polar surface area (TPSA) is 42.0 Å². The highest BCUT2D eigenvalue weighted by molar-refractivity contribution is 9.10. The number of rotatable bonds is 4. The van der Waals surface area contributed by atoms with Gasteiger partial charge in [0.05, 0.1) is 14.2 Å². The number of hydrogen-bond acceptors (Lipinski definition) is 4. The number of carbonyl (C=O) groups is 1. The smallest absolute Gasteiger partial charge is 0.253 e. The molecule has 4 rings (SSSR count). The van der Waals surface area contributed by atoms with Crippen molar-refractivity contribution in [2.75, 3.05) is 33.9 Å². The van der Waals surface area contributed by atoms with Crippen LogP contribution in [-0.2, 0) is 13.0 Å². The Hall–Kier alpha value is -2.05. The lowest BCUT2D eigenvalue weighted by atomic mass is 9.95. The van der Waals surface area contributed by atoms with Gasteiger partial charge < -0.3 is 14.4 Å². The van der Waals surface area contributed by atoms with E-state index in [4.69, 9.17) is 9.47 Å². The van der Waals surface area contributed by atoms with Crippen LogP contribution in [0.4, 0.5) is 0 Å². The summed E-state index contributed by atoms with van der Waals surface area (Å²) in [4.78, 5) is 17.5. The fraction of sp³-hybridized carbons (Fsp3) is 0.435. The number of piperidine rings is 1. The number of nitrogens with zero attached hydrogens (tertiary/aromatic N) is 2. The maximum atomic E-state index is 13.0. The van der Waals surface area contributed by atoms with Gasteiger partial charge in [-0.25, -0.2) is 0 Å². The third kappa shape index (κ3) is 4.28. The second kappa shape index (κ2) is 8.76. The molecule has 0 radical (unpaired) electrons. The number of benzene rings is 2. The number of amides is 1. The standard InChI is InChI=1S/C23H27BrN2O3/c1-28-21-12-16-8-10-25(14-18(16)13-22(21)29-2)20-7-4-9-26(15-20)23(27)17-5-3-6-19(24)11-17/h3,5-6,11-13,20H,4,7-10,14-15H2,1-2H3. The van der Waals surface area contributed by atoms with Crippen LogP contribution in [0.25, 0.3) is 0 Å². The maximum absolute atomic E-state index is 13.0. The fourth-order valence-electron chi connectivity index (χ4n) is 4.46. The van der Waals surface area contributed by atoms with E-state index in [0.29, 0.717) is 6.04 Å². The summed E-state index contributed by atoms with van der Waals surface area (Å²) in [6, 6.07) is 12.3. The van der Waals surface area contributed by atoms with E-state index >= 15 is 0 Å². The van der Waals surface area contributed by atoms with Crippen LogP contribution in [0.5, 0.6) is 11.5 Å². The maximum Gasteiger partial charge on any atom is 0.253 e. The molecule has 0 aliphatic carbocycles. The van der Waals surface area contributed by atoms with E-state index in [2.05, 4.69) is 33.0 Å². The Morgan fingerprint density at radius 2 is 1.83 bits per heavy atom. The first-order valence-corrected chi connectivity index (χ1v) is 10.9. The quantitative estimate of drug-likeness (QED) is 0.690. The van der Waals surface area contributed by atoms with Gasteiger partial charge in [0.1, 0.15) is 0 Å². The minimum absolute atomic E-state index is 0.125. The van der Waals surface area contributed by atoms with E-state index in [1.807, 2.05) is 29.2 Å². The number of carbonyl (C=O) groups excluding carboxylic acids is 1. The van der Waals surface area contributed by atoms with Gasteiger partial charge >= 0.3 is 0 Å². The third-order valence-electron chi connectivity index (χ3n) is 6.02. The van der Waals surface area contributed by atoms with E-state index < -0.39 is 0 Å². The first-order valence-electron chi connectivity index (χ1n) is 10.1. The molecule has 154 valence electrons. The van der Waals surface area contributed by atoms with E-state index in [-0.39, 0.29) is 5.91 Å². The Morgan fingerprint density at radius 3 is 2.55 bits per heavy atom. The van der Waals surface area contributed by atoms with Crippen LogP contribution in [0, 0.1) is 0 Å². The van der Waals surface area contributed by atoms with E-state index in [1.165, 1.54) is 11.1 Å². The molecule has 1 atom stereocenters. The summed E-state index contributed by atoms with van der Waals surface area (Å²) in [5.41, 5.74) is 3.38. The van der Waals surface area contributed by atoms with Crippen LogP contribution >= 0.6 is 15.9 Å². The van der Waals surface area contributed by atoms with E-state index in [9.17, 15) is 4.79 Å². The van der Waals surface area contributed by atoms with Crippen LogP contribution in [0.2, 0.25) is 0 Å². The van der Waals surface area contributed by atoms with Crippen molar-refractivity contribution in [1.29, 1.82) is 0 Å². The number of methoxy groups -OCH3 is 2. The van der Waals surface area contributed by atoms with E-state index in [1.54, 1.807) is 14.2 Å². The average Bonchev–Trinajstić information content (AvgIpc) is 2.77. The SMILES string of the molecule is COc1cc2c(cc1OC)CN(C1CCCN(C(=O)c3cccc(Br)c3)C1)CC2. The van der Waals surface area contributed by atoms with Crippen molar-refractivity contribution in [1.82, 2.24) is 9.80 Å². The number of halogens is 1. The van der Waals surface area contributed by atoms with Gasteiger partial charge in [-0.1, -0.05) is 22.0 Å². The molecule has 0 N–H and O–H groups in total. The molecule has 2 aliphatic heterocycles. The molecular weight excluding hydrogens is 432 g/mol. The lowest BCUT2D eigenvalue weighted by Gasteiger charge is -2.41. The third-order valence-corrected chi connectivity index (χ3v) is 6.51. The molecule has 2 aromatic rings. The summed E-state index contributed by atoms with van der Waals surface area (Å²) in [5.74, 6) is 1.70. The van der Waals surface area contributed by atoms with Gasteiger partial charge in [-0.2, -0.15) is 0 Å². The normalized spacial score (nSPS) is 19.6. The number of ether oxygens (including phenoxy) is 2. The second-order valence-electron chi connectivity index (χ2n) is 7.75. The molecule has 1 amide bonds. The zero-order valence-corrected chi connectivity index (χ0v) is 18.6. The zero-order chi connectivity index (χ0) is 20.4. The van der Waals surface area contributed by atoms with E-state index in [0.717, 1.165) is 67.0 Å². The Bertz CT molecular complexity index is 902. The van der Waals surface area contributed by atoms with Crippen LogP contribution in [-0.4, -0.2) is 55.6 Å². The van der Waals surface area contributed by atoms with Crippen molar-refractivity contribution in [3.63, 3.8) is 0 Å². The highest BCUT2D eigenvalue weighted by atomic mass is 79.9. The van der Waals surface area contributed by atoms with Crippen molar-refractivity contribution in [3.05, 3.63) is 57.6 Å². The first kappa shape index (κ1) is 20.2. The summed E-state index contributed by atoms with van der Waals surface area (Å²) in [5, 5.41) is 0. The summed E-state index contributed by atoms with van der Waals surface area (Å²) in [7, 11) is 3.36. The number of likely N-dealkylation sites (tertiary alicyclic amines) is 1. The molecule has 0 spiro atoms. The van der Waals surface area contributed by atoms with Crippen molar-refractivity contribution >= 4 is 21.8 Å². The van der Waals surface area contributed by atoms with Gasteiger partial charge in [0.25, 0.3) is 5.91 Å². The van der Waals surface area contributed by atoms with Gasteiger partial charge in [-0.05, 0) is 60.7 Å². The summed E-state index contributed by atoms with van der Waals surface area (Å²) >= 11 is 3.47. The number of hydrogen-bond donors (Lipinski definition) is 0. The molecule has 0 bridgehead atoms.